The predicted molar refractivity (Wildman–Crippen MR) is 77.3 cm³/mol. The van der Waals surface area contributed by atoms with Crippen LogP contribution in [0.25, 0.3) is 0 Å². The second-order valence-corrected chi connectivity index (χ2v) is 5.07. The van der Waals surface area contributed by atoms with Crippen molar-refractivity contribution in [3.05, 3.63) is 53.8 Å². The van der Waals surface area contributed by atoms with Crippen LogP contribution in [-0.4, -0.2) is 6.26 Å². The third-order valence-electron chi connectivity index (χ3n) is 2.75. The van der Waals surface area contributed by atoms with E-state index in [1.54, 1.807) is 17.8 Å². The minimum atomic E-state index is -0.308. The summed E-state index contributed by atoms with van der Waals surface area (Å²) >= 11 is 1.60. The van der Waals surface area contributed by atoms with Crippen LogP contribution in [0.2, 0.25) is 0 Å². The zero-order valence-corrected chi connectivity index (χ0v) is 11.7. The number of nitrogens with two attached hydrogens (primary N) is 1. The van der Waals surface area contributed by atoms with Crippen LogP contribution in [0.15, 0.2) is 47.4 Å². The molecule has 0 aliphatic rings. The fraction of sp³-hybridized carbons (Fsp3) is 0.200. The maximum absolute atomic E-state index is 13.3. The van der Waals surface area contributed by atoms with Crippen LogP contribution >= 0.6 is 11.8 Å². The van der Waals surface area contributed by atoms with Crippen molar-refractivity contribution in [1.82, 2.24) is 0 Å². The minimum absolute atomic E-state index is 0.285. The molecule has 0 unspecified atom stereocenters. The van der Waals surface area contributed by atoms with E-state index >= 15 is 0 Å². The zero-order chi connectivity index (χ0) is 13.8. The maximum Gasteiger partial charge on any atom is 0.140 e. The molecule has 2 aromatic rings. The highest BCUT2D eigenvalue weighted by Crippen LogP contribution is 2.34. The quantitative estimate of drug-likeness (QED) is 0.843. The van der Waals surface area contributed by atoms with Crippen LogP contribution in [-0.2, 0) is 0 Å². The van der Waals surface area contributed by atoms with E-state index in [0.29, 0.717) is 11.3 Å². The van der Waals surface area contributed by atoms with Crippen LogP contribution in [0.1, 0.15) is 18.5 Å². The number of benzene rings is 2. The lowest BCUT2D eigenvalue weighted by molar-refractivity contribution is 0.459. The highest BCUT2D eigenvalue weighted by atomic mass is 32.2. The third kappa shape index (κ3) is 3.28. The lowest BCUT2D eigenvalue weighted by Gasteiger charge is -2.15. The standard InChI is InChI=1S/C15H16FNOS/c1-10(17)12-9-11(16)7-8-13(12)18-14-5-3-4-6-15(14)19-2/h3-10H,17H2,1-2H3/t10-/m1/s1. The molecule has 4 heteroatoms. The molecular formula is C15H16FNOS. The Labute approximate surface area is 116 Å². The average molecular weight is 277 g/mol. The van der Waals surface area contributed by atoms with Crippen LogP contribution in [0, 0.1) is 5.82 Å². The summed E-state index contributed by atoms with van der Waals surface area (Å²) in [5.74, 6) is 1.04. The van der Waals surface area contributed by atoms with Gasteiger partial charge in [-0.1, -0.05) is 12.1 Å². The van der Waals surface area contributed by atoms with Crippen molar-refractivity contribution >= 4 is 11.8 Å². The van der Waals surface area contributed by atoms with Gasteiger partial charge in [-0.3, -0.25) is 0 Å². The largest absolute Gasteiger partial charge is 0.456 e. The summed E-state index contributed by atoms with van der Waals surface area (Å²) in [6.07, 6.45) is 1.99. The van der Waals surface area contributed by atoms with Crippen molar-refractivity contribution in [2.75, 3.05) is 6.26 Å². The van der Waals surface area contributed by atoms with Crippen molar-refractivity contribution in [2.45, 2.75) is 17.9 Å². The van der Waals surface area contributed by atoms with Gasteiger partial charge in [-0.15, -0.1) is 11.8 Å². The minimum Gasteiger partial charge on any atom is -0.456 e. The maximum atomic E-state index is 13.3. The first-order valence-electron chi connectivity index (χ1n) is 5.97. The Bertz CT molecular complexity index is 572. The third-order valence-corrected chi connectivity index (χ3v) is 3.53. The lowest BCUT2D eigenvalue weighted by Crippen LogP contribution is -2.07. The van der Waals surface area contributed by atoms with Crippen LogP contribution < -0.4 is 10.5 Å². The molecule has 0 aromatic heterocycles. The second kappa shape index (κ2) is 6.08. The molecule has 2 rings (SSSR count). The van der Waals surface area contributed by atoms with Gasteiger partial charge in [0.25, 0.3) is 0 Å². The molecule has 0 heterocycles. The predicted octanol–water partition coefficient (Wildman–Crippen LogP) is 4.36. The first-order chi connectivity index (χ1) is 9.11. The molecule has 19 heavy (non-hydrogen) atoms. The Kier molecular flexibility index (Phi) is 4.45. The van der Waals surface area contributed by atoms with E-state index in [4.69, 9.17) is 10.5 Å². The fourth-order valence-corrected chi connectivity index (χ4v) is 2.32. The van der Waals surface area contributed by atoms with Crippen LogP contribution in [0.5, 0.6) is 11.5 Å². The Morgan fingerprint density at radius 3 is 2.58 bits per heavy atom. The molecule has 100 valence electrons. The molecule has 0 fully saturated rings. The highest BCUT2D eigenvalue weighted by molar-refractivity contribution is 7.98. The highest BCUT2D eigenvalue weighted by Gasteiger charge is 2.12. The summed E-state index contributed by atoms with van der Waals surface area (Å²) in [6, 6.07) is 11.9. The Balaban J connectivity index is 2.38. The lowest BCUT2D eigenvalue weighted by atomic mass is 10.1. The monoisotopic (exact) mass is 277 g/mol. The molecule has 0 spiro atoms. The second-order valence-electron chi connectivity index (χ2n) is 4.22. The molecule has 2 N–H and O–H groups in total. The topological polar surface area (TPSA) is 35.2 Å². The Hall–Kier alpha value is -1.52. The van der Waals surface area contributed by atoms with E-state index in [1.807, 2.05) is 37.4 Å². The number of hydrogen-bond acceptors (Lipinski definition) is 3. The van der Waals surface area contributed by atoms with Gasteiger partial charge < -0.3 is 10.5 Å². The molecule has 0 aliphatic carbocycles. The van der Waals surface area contributed by atoms with Crippen molar-refractivity contribution in [3.63, 3.8) is 0 Å². The average Bonchev–Trinajstić information content (AvgIpc) is 2.41. The van der Waals surface area contributed by atoms with Crippen LogP contribution in [0.4, 0.5) is 4.39 Å². The molecular weight excluding hydrogens is 261 g/mol. The van der Waals surface area contributed by atoms with Gasteiger partial charge in [0.15, 0.2) is 0 Å². The van der Waals surface area contributed by atoms with Crippen molar-refractivity contribution in [3.8, 4) is 11.5 Å². The van der Waals surface area contributed by atoms with Gasteiger partial charge in [0, 0.05) is 16.5 Å². The number of halogens is 1. The number of hydrogen-bond donors (Lipinski definition) is 1. The van der Waals surface area contributed by atoms with Crippen molar-refractivity contribution in [1.29, 1.82) is 0 Å². The van der Waals surface area contributed by atoms with E-state index < -0.39 is 0 Å². The molecule has 0 saturated heterocycles. The number of para-hydroxylation sites is 1. The molecule has 0 bridgehead atoms. The van der Waals surface area contributed by atoms with Gasteiger partial charge >= 0.3 is 0 Å². The molecule has 0 saturated carbocycles. The van der Waals surface area contributed by atoms with Gasteiger partial charge in [0.1, 0.15) is 17.3 Å². The summed E-state index contributed by atoms with van der Waals surface area (Å²) < 4.78 is 19.2. The smallest absolute Gasteiger partial charge is 0.140 e. The van der Waals surface area contributed by atoms with E-state index in [1.165, 1.54) is 12.1 Å². The van der Waals surface area contributed by atoms with Crippen molar-refractivity contribution in [2.24, 2.45) is 5.73 Å². The van der Waals surface area contributed by atoms with Crippen molar-refractivity contribution < 1.29 is 9.13 Å². The zero-order valence-electron chi connectivity index (χ0n) is 10.9. The molecule has 0 aliphatic heterocycles. The van der Waals surface area contributed by atoms with Gasteiger partial charge in [-0.25, -0.2) is 4.39 Å². The van der Waals surface area contributed by atoms with E-state index in [0.717, 1.165) is 10.6 Å². The molecule has 1 atom stereocenters. The summed E-state index contributed by atoms with van der Waals surface area (Å²) in [5.41, 5.74) is 6.52. The van der Waals surface area contributed by atoms with E-state index in [2.05, 4.69) is 0 Å². The van der Waals surface area contributed by atoms with E-state index in [9.17, 15) is 4.39 Å². The summed E-state index contributed by atoms with van der Waals surface area (Å²) in [5, 5.41) is 0. The first-order valence-corrected chi connectivity index (χ1v) is 7.20. The van der Waals surface area contributed by atoms with Crippen LogP contribution in [0.3, 0.4) is 0 Å². The number of thioether (sulfide) groups is 1. The normalized spacial score (nSPS) is 12.2. The van der Waals surface area contributed by atoms with Gasteiger partial charge in [-0.2, -0.15) is 0 Å². The van der Waals surface area contributed by atoms with Gasteiger partial charge in [0.2, 0.25) is 0 Å². The van der Waals surface area contributed by atoms with E-state index in [-0.39, 0.29) is 11.9 Å². The first kappa shape index (κ1) is 13.9. The molecule has 2 nitrogen and oxygen atoms in total. The molecule has 2 aromatic carbocycles. The Morgan fingerprint density at radius 2 is 1.89 bits per heavy atom. The SMILES string of the molecule is CSc1ccccc1Oc1ccc(F)cc1[C@@H](C)N. The summed E-state index contributed by atoms with van der Waals surface area (Å²) in [4.78, 5) is 1.03. The number of ether oxygens (including phenoxy) is 1. The van der Waals surface area contributed by atoms with Gasteiger partial charge in [-0.05, 0) is 43.5 Å². The summed E-state index contributed by atoms with van der Waals surface area (Å²) in [7, 11) is 0. The molecule has 0 radical (unpaired) electrons. The molecule has 0 amide bonds. The van der Waals surface area contributed by atoms with Gasteiger partial charge in [0.05, 0.1) is 0 Å². The number of rotatable bonds is 4. The Morgan fingerprint density at radius 1 is 1.16 bits per heavy atom. The fourth-order valence-electron chi connectivity index (χ4n) is 1.79. The summed E-state index contributed by atoms with van der Waals surface area (Å²) in [6.45, 7) is 1.81.